The molecule has 1 unspecified atom stereocenters. The molecule has 1 aliphatic carbocycles. The molecule has 1 aromatic carbocycles. The molecule has 1 heterocycles. The second-order valence-corrected chi connectivity index (χ2v) is 9.99. The number of fused-ring (bicyclic) bond motifs is 1. The van der Waals surface area contributed by atoms with Crippen LogP contribution in [0.25, 0.3) is 11.4 Å². The lowest BCUT2D eigenvalue weighted by molar-refractivity contribution is -0.134. The summed E-state index contributed by atoms with van der Waals surface area (Å²) in [6.07, 6.45) is 21.0. The fourth-order valence-electron chi connectivity index (χ4n) is 4.91. The van der Waals surface area contributed by atoms with Gasteiger partial charge in [0.1, 0.15) is 5.75 Å². The average molecular weight is 465 g/mol. The molecule has 186 valence electrons. The quantitative estimate of drug-likeness (QED) is 0.151. The largest absolute Gasteiger partial charge is 0.427 e. The van der Waals surface area contributed by atoms with Gasteiger partial charge in [-0.15, -0.1) is 0 Å². The second-order valence-electron chi connectivity index (χ2n) is 9.99. The van der Waals surface area contributed by atoms with Crippen LogP contribution in [0.1, 0.15) is 115 Å². The van der Waals surface area contributed by atoms with E-state index in [0.717, 1.165) is 43.0 Å². The first-order valence-corrected chi connectivity index (χ1v) is 13.9. The van der Waals surface area contributed by atoms with Gasteiger partial charge in [-0.05, 0) is 61.4 Å². The van der Waals surface area contributed by atoms with Crippen LogP contribution in [-0.4, -0.2) is 15.9 Å². The zero-order chi connectivity index (χ0) is 24.0. The van der Waals surface area contributed by atoms with Crippen LogP contribution < -0.4 is 4.74 Å². The molecule has 2 aromatic rings. The molecular formula is C30H44N2O2. The average Bonchev–Trinajstić information content (AvgIpc) is 2.86. The van der Waals surface area contributed by atoms with Crippen molar-refractivity contribution in [1.29, 1.82) is 0 Å². The highest BCUT2D eigenvalue weighted by Gasteiger charge is 2.20. The molecule has 0 N–H and O–H groups in total. The predicted octanol–water partition coefficient (Wildman–Crippen LogP) is 8.27. The maximum atomic E-state index is 12.2. The van der Waals surface area contributed by atoms with E-state index in [0.29, 0.717) is 12.2 Å². The Labute approximate surface area is 206 Å². The summed E-state index contributed by atoms with van der Waals surface area (Å²) in [7, 11) is 0. The molecule has 4 nitrogen and oxygen atoms in total. The molecule has 0 bridgehead atoms. The van der Waals surface area contributed by atoms with Gasteiger partial charge in [-0.2, -0.15) is 0 Å². The lowest BCUT2D eigenvalue weighted by Gasteiger charge is -2.23. The predicted molar refractivity (Wildman–Crippen MR) is 140 cm³/mol. The van der Waals surface area contributed by atoms with Gasteiger partial charge in [-0.3, -0.25) is 4.79 Å². The maximum Gasteiger partial charge on any atom is 0.311 e. The van der Waals surface area contributed by atoms with E-state index < -0.39 is 0 Å². The molecule has 0 saturated carbocycles. The van der Waals surface area contributed by atoms with Crippen LogP contribution in [0.15, 0.2) is 30.5 Å². The summed E-state index contributed by atoms with van der Waals surface area (Å²) in [5.74, 6) is 2.01. The van der Waals surface area contributed by atoms with Crippen LogP contribution in [-0.2, 0) is 17.6 Å². The van der Waals surface area contributed by atoms with Gasteiger partial charge < -0.3 is 4.74 Å². The fourth-order valence-corrected chi connectivity index (χ4v) is 4.91. The third kappa shape index (κ3) is 8.85. The van der Waals surface area contributed by atoms with Crippen molar-refractivity contribution in [3.63, 3.8) is 0 Å². The van der Waals surface area contributed by atoms with Gasteiger partial charge in [-0.25, -0.2) is 9.97 Å². The Morgan fingerprint density at radius 2 is 1.59 bits per heavy atom. The molecular weight excluding hydrogens is 420 g/mol. The van der Waals surface area contributed by atoms with Gasteiger partial charge in [0.05, 0.1) is 0 Å². The Balaban J connectivity index is 1.42. The monoisotopic (exact) mass is 464 g/mol. The molecule has 0 saturated heterocycles. The summed E-state index contributed by atoms with van der Waals surface area (Å²) in [6.45, 7) is 4.50. The third-order valence-electron chi connectivity index (χ3n) is 7.05. The smallest absolute Gasteiger partial charge is 0.311 e. The highest BCUT2D eigenvalue weighted by molar-refractivity contribution is 5.72. The first-order chi connectivity index (χ1) is 16.7. The standard InChI is InChI=1S/C30H44N2O2/c1-3-5-7-8-9-10-11-13-15-29(33)34-27-19-17-25(18-20-27)30-31-23-26-22-24(14-12-6-4-2)16-21-28(26)32-30/h17-20,23-24H,3-16,21-22H2,1-2H3. The van der Waals surface area contributed by atoms with Crippen molar-refractivity contribution in [2.45, 2.75) is 117 Å². The van der Waals surface area contributed by atoms with Gasteiger partial charge >= 0.3 is 5.97 Å². The molecule has 0 fully saturated rings. The van der Waals surface area contributed by atoms with E-state index in [9.17, 15) is 4.79 Å². The van der Waals surface area contributed by atoms with Crippen molar-refractivity contribution < 1.29 is 9.53 Å². The van der Waals surface area contributed by atoms with Crippen LogP contribution in [0.4, 0.5) is 0 Å². The van der Waals surface area contributed by atoms with Gasteiger partial charge in [0.25, 0.3) is 0 Å². The van der Waals surface area contributed by atoms with E-state index in [1.807, 2.05) is 30.5 Å². The van der Waals surface area contributed by atoms with Crippen LogP contribution in [0.2, 0.25) is 0 Å². The molecule has 0 aliphatic heterocycles. The number of esters is 1. The van der Waals surface area contributed by atoms with Crippen LogP contribution in [0, 0.1) is 5.92 Å². The first-order valence-electron chi connectivity index (χ1n) is 13.9. The van der Waals surface area contributed by atoms with Gasteiger partial charge in [0.2, 0.25) is 0 Å². The van der Waals surface area contributed by atoms with Gasteiger partial charge in [-0.1, -0.05) is 84.5 Å². The molecule has 4 heteroatoms. The molecule has 1 aliphatic rings. The Kier molecular flexibility index (Phi) is 11.6. The number of aromatic nitrogens is 2. The first kappa shape index (κ1) is 26.4. The second kappa shape index (κ2) is 14.9. The van der Waals surface area contributed by atoms with Gasteiger partial charge in [0.15, 0.2) is 5.82 Å². The lowest BCUT2D eigenvalue weighted by atomic mass is 9.84. The summed E-state index contributed by atoms with van der Waals surface area (Å²) in [5.41, 5.74) is 3.50. The normalized spacial score (nSPS) is 15.2. The minimum absolute atomic E-state index is 0.141. The molecule has 0 amide bonds. The number of benzene rings is 1. The number of hydrogen-bond donors (Lipinski definition) is 0. The summed E-state index contributed by atoms with van der Waals surface area (Å²) >= 11 is 0. The van der Waals surface area contributed by atoms with Crippen molar-refractivity contribution in [3.8, 4) is 17.1 Å². The lowest BCUT2D eigenvalue weighted by Crippen LogP contribution is -2.16. The highest BCUT2D eigenvalue weighted by Crippen LogP contribution is 2.29. The highest BCUT2D eigenvalue weighted by atomic mass is 16.5. The number of carbonyl (C=O) groups excluding carboxylic acids is 1. The minimum Gasteiger partial charge on any atom is -0.427 e. The molecule has 0 radical (unpaired) electrons. The van der Waals surface area contributed by atoms with Gasteiger partial charge in [0, 0.05) is 23.9 Å². The van der Waals surface area contributed by atoms with E-state index in [4.69, 9.17) is 9.72 Å². The number of rotatable bonds is 15. The fraction of sp³-hybridized carbons (Fsp3) is 0.633. The topological polar surface area (TPSA) is 52.1 Å². The number of ether oxygens (including phenoxy) is 1. The molecule has 3 rings (SSSR count). The SMILES string of the molecule is CCCCCCCCCCC(=O)Oc1ccc(-c2ncc3c(n2)CCC(CCCCC)C3)cc1. The summed E-state index contributed by atoms with van der Waals surface area (Å²) in [5, 5.41) is 0. The van der Waals surface area contributed by atoms with Crippen molar-refractivity contribution in [2.75, 3.05) is 0 Å². The van der Waals surface area contributed by atoms with Crippen molar-refractivity contribution in [2.24, 2.45) is 5.92 Å². The van der Waals surface area contributed by atoms with Crippen LogP contribution in [0.5, 0.6) is 5.75 Å². The molecule has 1 atom stereocenters. The van der Waals surface area contributed by atoms with Crippen molar-refractivity contribution >= 4 is 5.97 Å². The van der Waals surface area contributed by atoms with E-state index in [-0.39, 0.29) is 5.97 Å². The number of hydrogen-bond acceptors (Lipinski definition) is 4. The molecule has 1 aromatic heterocycles. The number of unbranched alkanes of at least 4 members (excludes halogenated alkanes) is 9. The Hall–Kier alpha value is -2.23. The molecule has 34 heavy (non-hydrogen) atoms. The van der Waals surface area contributed by atoms with E-state index in [2.05, 4.69) is 18.8 Å². The number of carbonyl (C=O) groups is 1. The number of nitrogens with zero attached hydrogens (tertiary/aromatic N) is 2. The summed E-state index contributed by atoms with van der Waals surface area (Å²) in [6, 6.07) is 7.62. The van der Waals surface area contributed by atoms with Crippen LogP contribution >= 0.6 is 0 Å². The van der Waals surface area contributed by atoms with E-state index >= 15 is 0 Å². The van der Waals surface area contributed by atoms with E-state index in [1.165, 1.54) is 81.9 Å². The molecule has 0 spiro atoms. The van der Waals surface area contributed by atoms with Crippen molar-refractivity contribution in [1.82, 2.24) is 9.97 Å². The Bertz CT molecular complexity index is 863. The summed E-state index contributed by atoms with van der Waals surface area (Å²) < 4.78 is 5.53. The van der Waals surface area contributed by atoms with Crippen LogP contribution in [0.3, 0.4) is 0 Å². The third-order valence-corrected chi connectivity index (χ3v) is 7.05. The zero-order valence-electron chi connectivity index (χ0n) is 21.5. The van der Waals surface area contributed by atoms with Crippen molar-refractivity contribution in [3.05, 3.63) is 41.7 Å². The maximum absolute atomic E-state index is 12.2. The Morgan fingerprint density at radius 3 is 2.32 bits per heavy atom. The minimum atomic E-state index is -0.141. The number of aryl methyl sites for hydroxylation is 1. The Morgan fingerprint density at radius 1 is 0.912 bits per heavy atom. The van der Waals surface area contributed by atoms with E-state index in [1.54, 1.807) is 0 Å². The zero-order valence-corrected chi connectivity index (χ0v) is 21.5. The summed E-state index contributed by atoms with van der Waals surface area (Å²) in [4.78, 5) is 21.7.